The average molecular weight is 438 g/mol. The molecule has 0 saturated carbocycles. The van der Waals surface area contributed by atoms with Crippen LogP contribution in [0.5, 0.6) is 0 Å². The number of halogens is 3. The molecule has 1 atom stereocenters. The Hall–Kier alpha value is -2.75. The summed E-state index contributed by atoms with van der Waals surface area (Å²) in [5, 5.41) is 2.70. The highest BCUT2D eigenvalue weighted by molar-refractivity contribution is 6.30. The lowest BCUT2D eigenvalue weighted by Gasteiger charge is -2.40. The Balaban J connectivity index is 1.72. The second-order valence-corrected chi connectivity index (χ2v) is 7.49. The van der Waals surface area contributed by atoms with Crippen LogP contribution < -0.4 is 16.6 Å². The van der Waals surface area contributed by atoms with Crippen LogP contribution in [0.1, 0.15) is 27.5 Å². The Morgan fingerprint density at radius 1 is 1.17 bits per heavy atom. The van der Waals surface area contributed by atoms with E-state index >= 15 is 0 Å². The number of nitrogens with two attached hydrogens (primary N) is 1. The van der Waals surface area contributed by atoms with Crippen molar-refractivity contribution in [3.05, 3.63) is 69.7 Å². The summed E-state index contributed by atoms with van der Waals surface area (Å²) in [5.41, 5.74) is 2.96. The van der Waals surface area contributed by atoms with E-state index in [-0.39, 0.29) is 34.8 Å². The van der Waals surface area contributed by atoms with Gasteiger partial charge in [-0.05, 0) is 36.9 Å². The monoisotopic (exact) mass is 437 g/mol. The van der Waals surface area contributed by atoms with Crippen LogP contribution in [-0.4, -0.2) is 48.4 Å². The molecule has 0 aromatic heterocycles. The highest BCUT2D eigenvalue weighted by Crippen LogP contribution is 2.28. The van der Waals surface area contributed by atoms with Gasteiger partial charge in [-0.15, -0.1) is 0 Å². The quantitative estimate of drug-likeness (QED) is 0.389. The van der Waals surface area contributed by atoms with Crippen LogP contribution >= 0.6 is 11.6 Å². The smallest absolute Gasteiger partial charge is 0.318 e. The summed E-state index contributed by atoms with van der Waals surface area (Å²) >= 11 is 5.92. The number of benzene rings is 2. The van der Waals surface area contributed by atoms with Gasteiger partial charge in [0.1, 0.15) is 11.6 Å². The fourth-order valence-electron chi connectivity index (χ4n) is 3.36. The normalized spacial score (nSPS) is 17.0. The topological polar surface area (TPSA) is 90.7 Å². The number of urea groups is 1. The minimum Gasteiger partial charge on any atom is -0.334 e. The van der Waals surface area contributed by atoms with Crippen molar-refractivity contribution < 1.29 is 18.4 Å². The van der Waals surface area contributed by atoms with Gasteiger partial charge in [0.2, 0.25) is 0 Å². The number of nitrogens with zero attached hydrogens (tertiary/aromatic N) is 2. The van der Waals surface area contributed by atoms with Crippen molar-refractivity contribution in [3.8, 4) is 0 Å². The standard InChI is InChI=1S/C20H22ClF2N5O2/c1-27-6-7-28(18(11-27)12-4-5-16(22)15(21)8-12)20(30)25-10-14-3-2-13(9-17(14)23)19(29)26-24/h2-5,8-9,18H,6-7,10-11,24H2,1H3,(H,25,30)(H,26,29). The summed E-state index contributed by atoms with van der Waals surface area (Å²) in [6, 6.07) is 7.58. The van der Waals surface area contributed by atoms with Crippen LogP contribution in [-0.2, 0) is 6.54 Å². The number of carbonyl (C=O) groups is 2. The molecule has 0 aliphatic carbocycles. The van der Waals surface area contributed by atoms with Gasteiger partial charge in [0.05, 0.1) is 11.1 Å². The van der Waals surface area contributed by atoms with Gasteiger partial charge in [0, 0.05) is 37.3 Å². The van der Waals surface area contributed by atoms with E-state index in [2.05, 4.69) is 10.2 Å². The molecule has 1 aliphatic heterocycles. The third kappa shape index (κ3) is 4.86. The van der Waals surface area contributed by atoms with Crippen molar-refractivity contribution in [2.75, 3.05) is 26.7 Å². The van der Waals surface area contributed by atoms with Gasteiger partial charge in [0.15, 0.2) is 0 Å². The molecule has 7 nitrogen and oxygen atoms in total. The van der Waals surface area contributed by atoms with Gasteiger partial charge in [-0.2, -0.15) is 0 Å². The molecule has 1 saturated heterocycles. The molecule has 3 rings (SSSR count). The molecule has 4 N–H and O–H groups in total. The highest BCUT2D eigenvalue weighted by atomic mass is 35.5. The predicted octanol–water partition coefficient (Wildman–Crippen LogP) is 2.42. The number of rotatable bonds is 4. The van der Waals surface area contributed by atoms with Gasteiger partial charge in [-0.25, -0.2) is 19.4 Å². The zero-order valence-electron chi connectivity index (χ0n) is 16.3. The molecule has 1 heterocycles. The lowest BCUT2D eigenvalue weighted by molar-refractivity contribution is 0.0953. The maximum absolute atomic E-state index is 14.3. The molecule has 0 radical (unpaired) electrons. The second kappa shape index (κ2) is 9.38. The zero-order chi connectivity index (χ0) is 21.8. The van der Waals surface area contributed by atoms with Gasteiger partial charge in [0.25, 0.3) is 5.91 Å². The van der Waals surface area contributed by atoms with Crippen LogP contribution in [0.2, 0.25) is 5.02 Å². The molecule has 30 heavy (non-hydrogen) atoms. The summed E-state index contributed by atoms with van der Waals surface area (Å²) in [4.78, 5) is 28.0. The summed E-state index contributed by atoms with van der Waals surface area (Å²) in [6.45, 7) is 1.60. The number of nitrogen functional groups attached to an aromatic ring is 1. The summed E-state index contributed by atoms with van der Waals surface area (Å²) < 4.78 is 27.8. The van der Waals surface area contributed by atoms with Crippen molar-refractivity contribution in [2.24, 2.45) is 5.84 Å². The minimum atomic E-state index is -0.628. The molecule has 1 unspecified atom stereocenters. The maximum atomic E-state index is 14.3. The van der Waals surface area contributed by atoms with E-state index < -0.39 is 17.5 Å². The molecular weight excluding hydrogens is 416 g/mol. The Labute approximate surface area is 177 Å². The number of hydrogen-bond donors (Lipinski definition) is 3. The fraction of sp³-hybridized carbons (Fsp3) is 0.300. The van der Waals surface area contributed by atoms with Crippen LogP contribution in [0.3, 0.4) is 0 Å². The molecule has 160 valence electrons. The Morgan fingerprint density at radius 3 is 2.60 bits per heavy atom. The molecule has 2 aromatic rings. The highest BCUT2D eigenvalue weighted by Gasteiger charge is 2.30. The van der Waals surface area contributed by atoms with E-state index in [0.717, 1.165) is 6.07 Å². The fourth-order valence-corrected chi connectivity index (χ4v) is 3.54. The molecule has 2 aromatic carbocycles. The molecule has 10 heteroatoms. The first kappa shape index (κ1) is 21.9. The van der Waals surface area contributed by atoms with Crippen molar-refractivity contribution >= 4 is 23.5 Å². The van der Waals surface area contributed by atoms with Crippen molar-refractivity contribution in [1.29, 1.82) is 0 Å². The first-order chi connectivity index (χ1) is 14.3. The Bertz CT molecular complexity index is 959. The van der Waals surface area contributed by atoms with Gasteiger partial charge in [-0.1, -0.05) is 23.7 Å². The number of piperazine rings is 1. The van der Waals surface area contributed by atoms with Crippen molar-refractivity contribution in [1.82, 2.24) is 20.5 Å². The maximum Gasteiger partial charge on any atom is 0.318 e. The Kier molecular flexibility index (Phi) is 6.86. The predicted molar refractivity (Wildman–Crippen MR) is 109 cm³/mol. The van der Waals surface area contributed by atoms with E-state index in [0.29, 0.717) is 25.2 Å². The number of hydrogen-bond acceptors (Lipinski definition) is 4. The molecule has 0 bridgehead atoms. The summed E-state index contributed by atoms with van der Waals surface area (Å²) in [5.74, 6) is 3.28. The first-order valence-corrected chi connectivity index (χ1v) is 9.65. The molecule has 1 fully saturated rings. The third-order valence-corrected chi connectivity index (χ3v) is 5.34. The minimum absolute atomic E-state index is 0.00948. The van der Waals surface area contributed by atoms with Crippen LogP contribution in [0.4, 0.5) is 13.6 Å². The van der Waals surface area contributed by atoms with Crippen molar-refractivity contribution in [3.63, 3.8) is 0 Å². The van der Waals surface area contributed by atoms with E-state index in [4.69, 9.17) is 17.4 Å². The molecular formula is C20H22ClF2N5O2. The van der Waals surface area contributed by atoms with E-state index in [1.54, 1.807) is 11.0 Å². The van der Waals surface area contributed by atoms with Gasteiger partial charge in [-0.3, -0.25) is 10.2 Å². The molecule has 0 spiro atoms. The average Bonchev–Trinajstić information content (AvgIpc) is 2.73. The number of nitrogens with one attached hydrogen (secondary N) is 2. The third-order valence-electron chi connectivity index (χ3n) is 5.05. The van der Waals surface area contributed by atoms with Crippen molar-refractivity contribution in [2.45, 2.75) is 12.6 Å². The lowest BCUT2D eigenvalue weighted by atomic mass is 10.0. The summed E-state index contributed by atoms with van der Waals surface area (Å²) in [7, 11) is 1.93. The largest absolute Gasteiger partial charge is 0.334 e. The molecule has 1 aliphatic rings. The summed E-state index contributed by atoms with van der Waals surface area (Å²) in [6.07, 6.45) is 0. The van der Waals surface area contributed by atoms with Gasteiger partial charge >= 0.3 is 6.03 Å². The number of likely N-dealkylation sites (N-methyl/N-ethyl adjacent to an activating group) is 1. The van der Waals surface area contributed by atoms with E-state index in [1.807, 2.05) is 12.5 Å². The first-order valence-electron chi connectivity index (χ1n) is 9.27. The molecule has 3 amide bonds. The number of carbonyl (C=O) groups excluding carboxylic acids is 2. The van der Waals surface area contributed by atoms with Gasteiger partial charge < -0.3 is 15.1 Å². The number of hydrazine groups is 1. The zero-order valence-corrected chi connectivity index (χ0v) is 17.0. The van der Waals surface area contributed by atoms with E-state index in [1.165, 1.54) is 24.3 Å². The van der Waals surface area contributed by atoms with Crippen LogP contribution in [0, 0.1) is 11.6 Å². The lowest BCUT2D eigenvalue weighted by Crippen LogP contribution is -2.52. The van der Waals surface area contributed by atoms with Crippen LogP contribution in [0.15, 0.2) is 36.4 Å². The Morgan fingerprint density at radius 2 is 1.93 bits per heavy atom. The van der Waals surface area contributed by atoms with Crippen LogP contribution in [0.25, 0.3) is 0 Å². The SMILES string of the molecule is CN1CCN(C(=O)NCc2ccc(C(=O)NN)cc2F)C(c2ccc(F)c(Cl)c2)C1. The second-order valence-electron chi connectivity index (χ2n) is 7.08. The number of amides is 3. The van der Waals surface area contributed by atoms with E-state index in [9.17, 15) is 18.4 Å².